The van der Waals surface area contributed by atoms with E-state index in [1.165, 1.54) is 0 Å². The Hall–Kier alpha value is -0.980. The van der Waals surface area contributed by atoms with Crippen molar-refractivity contribution in [3.8, 4) is 0 Å². The molecule has 0 bridgehead atoms. The highest BCUT2D eigenvalue weighted by atomic mass is 16.3. The number of rotatable bonds is 0. The summed E-state index contributed by atoms with van der Waals surface area (Å²) < 4.78 is 4.92. The van der Waals surface area contributed by atoms with Crippen molar-refractivity contribution in [1.82, 2.24) is 0 Å². The van der Waals surface area contributed by atoms with Crippen LogP contribution in [-0.4, -0.2) is 0 Å². The third kappa shape index (κ3) is 0.561. The molecule has 0 fully saturated rings. The molecule has 1 aromatic rings. The summed E-state index contributed by atoms with van der Waals surface area (Å²) in [6, 6.07) is 0. The lowest BCUT2D eigenvalue weighted by Crippen LogP contribution is -2.17. The topological polar surface area (TPSA) is 13.1 Å². The molecule has 42 valence electrons. The van der Waals surface area contributed by atoms with Gasteiger partial charge in [-0.15, -0.1) is 0 Å². The summed E-state index contributed by atoms with van der Waals surface area (Å²) in [6.45, 7) is 9.28. The van der Waals surface area contributed by atoms with E-state index in [0.29, 0.717) is 5.42 Å². The number of hydrogen-bond donors (Lipinski definition) is 0. The SMILES string of the molecule is C=c1occ(C)c1=C. The predicted octanol–water partition coefficient (Wildman–Crippen LogP) is 0.409. The molecule has 0 spiro atoms. The average molecular weight is 108 g/mol. The van der Waals surface area contributed by atoms with Crippen LogP contribution < -0.4 is 10.6 Å². The highest BCUT2D eigenvalue weighted by Gasteiger charge is 1.86. The van der Waals surface area contributed by atoms with Crippen molar-refractivity contribution in [2.75, 3.05) is 0 Å². The van der Waals surface area contributed by atoms with Gasteiger partial charge in [0.2, 0.25) is 0 Å². The Labute approximate surface area is 47.9 Å². The molecule has 0 saturated heterocycles. The van der Waals surface area contributed by atoms with E-state index in [9.17, 15) is 0 Å². The highest BCUT2D eigenvalue weighted by molar-refractivity contribution is 5.15. The summed E-state index contributed by atoms with van der Waals surface area (Å²) in [6.07, 6.45) is 1.66. The van der Waals surface area contributed by atoms with Crippen molar-refractivity contribution < 1.29 is 4.42 Å². The minimum atomic E-state index is 0.669. The fourth-order valence-electron chi connectivity index (χ4n) is 0.522. The third-order valence-corrected chi connectivity index (χ3v) is 1.19. The average Bonchev–Trinajstić information content (AvgIpc) is 1.98. The van der Waals surface area contributed by atoms with Crippen molar-refractivity contribution in [3.05, 3.63) is 22.5 Å². The van der Waals surface area contributed by atoms with Crippen LogP contribution in [0.25, 0.3) is 13.2 Å². The van der Waals surface area contributed by atoms with E-state index < -0.39 is 0 Å². The summed E-state index contributed by atoms with van der Waals surface area (Å²) in [5.41, 5.74) is 1.73. The molecule has 1 aromatic heterocycles. The van der Waals surface area contributed by atoms with Gasteiger partial charge in [-0.05, 0) is 12.5 Å². The Kier molecular flexibility index (Phi) is 0.975. The van der Waals surface area contributed by atoms with Crippen molar-refractivity contribution in [2.45, 2.75) is 6.92 Å². The second-order valence-corrected chi connectivity index (χ2v) is 1.82. The van der Waals surface area contributed by atoms with Gasteiger partial charge in [0.15, 0.2) is 0 Å². The minimum Gasteiger partial charge on any atom is -0.465 e. The molecule has 0 N–H and O–H groups in total. The maximum absolute atomic E-state index is 4.92. The van der Waals surface area contributed by atoms with Gasteiger partial charge in [0, 0.05) is 5.22 Å². The molecule has 1 heteroatoms. The van der Waals surface area contributed by atoms with Crippen LogP contribution in [0.2, 0.25) is 0 Å². The van der Waals surface area contributed by atoms with Gasteiger partial charge in [-0.2, -0.15) is 0 Å². The second kappa shape index (κ2) is 1.51. The van der Waals surface area contributed by atoms with Gasteiger partial charge in [0.1, 0.15) is 5.42 Å². The fourth-order valence-corrected chi connectivity index (χ4v) is 0.522. The molecule has 1 nitrogen and oxygen atoms in total. The Bertz CT molecular complexity index is 269. The smallest absolute Gasteiger partial charge is 0.126 e. The molecule has 0 amide bonds. The number of furan rings is 1. The highest BCUT2D eigenvalue weighted by Crippen LogP contribution is 1.79. The van der Waals surface area contributed by atoms with Gasteiger partial charge in [0.05, 0.1) is 6.26 Å². The Morgan fingerprint density at radius 2 is 2.12 bits per heavy atom. The van der Waals surface area contributed by atoms with E-state index in [4.69, 9.17) is 4.42 Å². The van der Waals surface area contributed by atoms with E-state index in [1.807, 2.05) is 6.92 Å². The Balaban J connectivity index is 3.66. The summed E-state index contributed by atoms with van der Waals surface area (Å²) >= 11 is 0. The monoisotopic (exact) mass is 108 g/mol. The standard InChI is InChI=1S/C7H8O/c1-5-4-8-7(3)6(5)2/h4H,2-3H2,1H3. The van der Waals surface area contributed by atoms with E-state index >= 15 is 0 Å². The van der Waals surface area contributed by atoms with Gasteiger partial charge in [-0.1, -0.05) is 13.2 Å². The van der Waals surface area contributed by atoms with Crippen LogP contribution in [-0.2, 0) is 0 Å². The van der Waals surface area contributed by atoms with Crippen LogP contribution in [0, 0.1) is 6.92 Å². The maximum atomic E-state index is 4.92. The molecule has 1 heterocycles. The van der Waals surface area contributed by atoms with Crippen LogP contribution in [0.15, 0.2) is 10.7 Å². The zero-order chi connectivity index (χ0) is 6.15. The largest absolute Gasteiger partial charge is 0.465 e. The first kappa shape index (κ1) is 5.16. The second-order valence-electron chi connectivity index (χ2n) is 1.82. The van der Waals surface area contributed by atoms with Gasteiger partial charge in [0.25, 0.3) is 0 Å². The molecule has 8 heavy (non-hydrogen) atoms. The normalized spacial score (nSPS) is 9.62. The molecule has 0 saturated carbocycles. The zero-order valence-corrected chi connectivity index (χ0v) is 4.90. The van der Waals surface area contributed by atoms with Crippen LogP contribution in [0.4, 0.5) is 0 Å². The third-order valence-electron chi connectivity index (χ3n) is 1.19. The summed E-state index contributed by atoms with van der Waals surface area (Å²) in [4.78, 5) is 0. The zero-order valence-electron chi connectivity index (χ0n) is 4.90. The maximum Gasteiger partial charge on any atom is 0.126 e. The molecule has 0 aliphatic rings. The van der Waals surface area contributed by atoms with E-state index in [2.05, 4.69) is 13.2 Å². The lowest BCUT2D eigenvalue weighted by Gasteiger charge is -1.69. The first-order valence-corrected chi connectivity index (χ1v) is 2.44. The Morgan fingerprint density at radius 3 is 2.25 bits per heavy atom. The Morgan fingerprint density at radius 1 is 1.50 bits per heavy atom. The van der Waals surface area contributed by atoms with Crippen molar-refractivity contribution in [3.63, 3.8) is 0 Å². The van der Waals surface area contributed by atoms with Crippen molar-refractivity contribution in [2.24, 2.45) is 0 Å². The van der Waals surface area contributed by atoms with Gasteiger partial charge >= 0.3 is 0 Å². The summed E-state index contributed by atoms with van der Waals surface area (Å²) in [5, 5.41) is 0.907. The molecular formula is C7H8O. The number of hydrogen-bond acceptors (Lipinski definition) is 1. The molecule has 0 atom stereocenters. The van der Waals surface area contributed by atoms with E-state index in [1.54, 1.807) is 6.26 Å². The summed E-state index contributed by atoms with van der Waals surface area (Å²) in [5.74, 6) is 0. The van der Waals surface area contributed by atoms with Gasteiger partial charge in [-0.25, -0.2) is 0 Å². The predicted molar refractivity (Wildman–Crippen MR) is 33.7 cm³/mol. The van der Waals surface area contributed by atoms with Crippen LogP contribution in [0.1, 0.15) is 5.56 Å². The van der Waals surface area contributed by atoms with Crippen molar-refractivity contribution in [1.29, 1.82) is 0 Å². The minimum absolute atomic E-state index is 0.669. The quantitative estimate of drug-likeness (QED) is 0.469. The fraction of sp³-hybridized carbons (Fsp3) is 0.143. The summed E-state index contributed by atoms with van der Waals surface area (Å²) in [7, 11) is 0. The number of aryl methyl sites for hydroxylation is 1. The lowest BCUT2D eigenvalue weighted by atomic mass is 10.3. The molecule has 0 unspecified atom stereocenters. The van der Waals surface area contributed by atoms with Crippen LogP contribution in [0.3, 0.4) is 0 Å². The first-order chi connectivity index (χ1) is 3.72. The van der Waals surface area contributed by atoms with Crippen LogP contribution in [0.5, 0.6) is 0 Å². The molecule has 1 rings (SSSR count). The molecular weight excluding hydrogens is 100 g/mol. The van der Waals surface area contributed by atoms with E-state index in [-0.39, 0.29) is 0 Å². The van der Waals surface area contributed by atoms with E-state index in [0.717, 1.165) is 10.8 Å². The molecule has 0 radical (unpaired) electrons. The molecule has 0 aromatic carbocycles. The van der Waals surface area contributed by atoms with Crippen molar-refractivity contribution >= 4 is 13.2 Å². The van der Waals surface area contributed by atoms with Gasteiger partial charge < -0.3 is 4.42 Å². The first-order valence-electron chi connectivity index (χ1n) is 2.44. The molecule has 0 aliphatic carbocycles. The van der Waals surface area contributed by atoms with Crippen LogP contribution >= 0.6 is 0 Å². The molecule has 0 aliphatic heterocycles. The lowest BCUT2D eigenvalue weighted by molar-refractivity contribution is 0.531. The van der Waals surface area contributed by atoms with Gasteiger partial charge in [-0.3, -0.25) is 0 Å².